The fraction of sp³-hybridized carbons (Fsp3) is 0.889. The molecule has 1 N–H and O–H groups in total. The van der Waals surface area contributed by atoms with Gasteiger partial charge in [-0.15, -0.1) is 0 Å². The smallest absolute Gasteiger partial charge is 0.0170 e. The molecule has 2 atom stereocenters. The molecule has 0 saturated heterocycles. The fourth-order valence-electron chi connectivity index (χ4n) is 4.08. The highest BCUT2D eigenvalue weighted by molar-refractivity contribution is 5.23. The van der Waals surface area contributed by atoms with Gasteiger partial charge in [0.15, 0.2) is 0 Å². The minimum absolute atomic E-state index is 0.842. The predicted octanol–water partition coefficient (Wildman–Crippen LogP) is 5.07. The second kappa shape index (κ2) is 8.09. The summed E-state index contributed by atoms with van der Waals surface area (Å²) in [6.45, 7) is 7.24. The van der Waals surface area contributed by atoms with Crippen LogP contribution in [0.2, 0.25) is 0 Å². The van der Waals surface area contributed by atoms with Crippen LogP contribution in [0.4, 0.5) is 0 Å². The van der Waals surface area contributed by atoms with Gasteiger partial charge in [0.2, 0.25) is 0 Å². The average molecular weight is 263 g/mol. The van der Waals surface area contributed by atoms with Gasteiger partial charge in [0.1, 0.15) is 0 Å². The molecule has 110 valence electrons. The maximum absolute atomic E-state index is 3.63. The van der Waals surface area contributed by atoms with Crippen LogP contribution in [0.15, 0.2) is 11.1 Å². The third kappa shape index (κ3) is 4.34. The molecule has 0 fully saturated rings. The van der Waals surface area contributed by atoms with Gasteiger partial charge in [-0.2, -0.15) is 0 Å². The van der Waals surface area contributed by atoms with E-state index in [1.165, 1.54) is 77.3 Å². The van der Waals surface area contributed by atoms with Crippen LogP contribution in [0, 0.1) is 11.8 Å². The van der Waals surface area contributed by atoms with E-state index in [9.17, 15) is 0 Å². The van der Waals surface area contributed by atoms with Crippen LogP contribution in [0.5, 0.6) is 0 Å². The van der Waals surface area contributed by atoms with Gasteiger partial charge in [0, 0.05) is 6.54 Å². The van der Waals surface area contributed by atoms with Crippen molar-refractivity contribution < 1.29 is 0 Å². The van der Waals surface area contributed by atoms with E-state index in [0.717, 1.165) is 11.8 Å². The molecule has 0 aromatic rings. The Balaban J connectivity index is 2.18. The van der Waals surface area contributed by atoms with Gasteiger partial charge in [-0.05, 0) is 44.1 Å². The summed E-state index contributed by atoms with van der Waals surface area (Å²) in [5.74, 6) is 1.72. The molecular formula is C18H33N. The Kier molecular flexibility index (Phi) is 6.43. The van der Waals surface area contributed by atoms with Crippen LogP contribution in [0.25, 0.3) is 0 Å². The number of hydrogen-bond donors (Lipinski definition) is 1. The van der Waals surface area contributed by atoms with E-state index in [-0.39, 0.29) is 0 Å². The van der Waals surface area contributed by atoms with E-state index < -0.39 is 0 Å². The van der Waals surface area contributed by atoms with Crippen molar-refractivity contribution in [2.75, 3.05) is 13.1 Å². The topological polar surface area (TPSA) is 12.0 Å². The molecule has 1 heteroatoms. The van der Waals surface area contributed by atoms with Crippen molar-refractivity contribution in [2.24, 2.45) is 11.8 Å². The molecule has 0 saturated carbocycles. The van der Waals surface area contributed by atoms with Gasteiger partial charge in [-0.1, -0.05) is 63.5 Å². The van der Waals surface area contributed by atoms with E-state index in [2.05, 4.69) is 19.2 Å². The predicted molar refractivity (Wildman–Crippen MR) is 84.4 cm³/mol. The maximum Gasteiger partial charge on any atom is 0.0170 e. The van der Waals surface area contributed by atoms with Gasteiger partial charge in [0.05, 0.1) is 0 Å². The van der Waals surface area contributed by atoms with E-state index in [1.54, 1.807) is 0 Å². The average Bonchev–Trinajstić information content (AvgIpc) is 2.47. The lowest BCUT2D eigenvalue weighted by Crippen LogP contribution is -2.30. The van der Waals surface area contributed by atoms with Gasteiger partial charge >= 0.3 is 0 Å². The highest BCUT2D eigenvalue weighted by atomic mass is 14.9. The quantitative estimate of drug-likeness (QED) is 0.686. The summed E-state index contributed by atoms with van der Waals surface area (Å²) in [6, 6.07) is 0. The van der Waals surface area contributed by atoms with Crippen LogP contribution in [-0.4, -0.2) is 13.1 Å². The second-order valence-corrected chi connectivity index (χ2v) is 6.71. The van der Waals surface area contributed by atoms with E-state index >= 15 is 0 Å². The van der Waals surface area contributed by atoms with Gasteiger partial charge in [0.25, 0.3) is 0 Å². The molecule has 0 spiro atoms. The van der Waals surface area contributed by atoms with Crippen molar-refractivity contribution in [3.05, 3.63) is 11.1 Å². The molecule has 0 aromatic heterocycles. The van der Waals surface area contributed by atoms with E-state index in [1.807, 2.05) is 11.1 Å². The Morgan fingerprint density at radius 1 is 1.00 bits per heavy atom. The molecule has 0 amide bonds. The maximum atomic E-state index is 3.63. The molecule has 0 bridgehead atoms. The summed E-state index contributed by atoms with van der Waals surface area (Å²) in [5.41, 5.74) is 3.67. The third-order valence-corrected chi connectivity index (χ3v) is 5.21. The van der Waals surface area contributed by atoms with E-state index in [4.69, 9.17) is 0 Å². The number of nitrogens with one attached hydrogen (secondary N) is 1. The van der Waals surface area contributed by atoms with Gasteiger partial charge in [-0.3, -0.25) is 0 Å². The van der Waals surface area contributed by atoms with Crippen molar-refractivity contribution >= 4 is 0 Å². The number of hydrogen-bond acceptors (Lipinski definition) is 1. The second-order valence-electron chi connectivity index (χ2n) is 6.71. The molecule has 2 unspecified atom stereocenters. The molecule has 1 aliphatic heterocycles. The molecular weight excluding hydrogens is 230 g/mol. The monoisotopic (exact) mass is 263 g/mol. The third-order valence-electron chi connectivity index (χ3n) is 5.21. The summed E-state index contributed by atoms with van der Waals surface area (Å²) in [7, 11) is 0. The van der Waals surface area contributed by atoms with Crippen molar-refractivity contribution in [3.8, 4) is 0 Å². The largest absolute Gasteiger partial charge is 0.313 e. The normalized spacial score (nSPS) is 30.6. The molecule has 1 nitrogen and oxygen atoms in total. The van der Waals surface area contributed by atoms with Crippen molar-refractivity contribution in [3.63, 3.8) is 0 Å². The zero-order chi connectivity index (χ0) is 13.5. The summed E-state index contributed by atoms with van der Waals surface area (Å²) in [4.78, 5) is 0. The Labute approximate surface area is 120 Å². The summed E-state index contributed by atoms with van der Waals surface area (Å²) in [5, 5.41) is 3.63. The Bertz CT molecular complexity index is 292. The molecule has 0 radical (unpaired) electrons. The standard InChI is InChI=1S/C18H33N/c1-3-9-16-11-8-6-4-5-7-10-15(2)17-12-13-19-14-18(16)17/h15-16,19H,3-14H2,1-2H3. The van der Waals surface area contributed by atoms with Crippen molar-refractivity contribution in [1.29, 1.82) is 0 Å². The Morgan fingerprint density at radius 3 is 2.53 bits per heavy atom. The molecule has 1 aliphatic carbocycles. The molecule has 2 rings (SSSR count). The van der Waals surface area contributed by atoms with Crippen molar-refractivity contribution in [1.82, 2.24) is 5.32 Å². The van der Waals surface area contributed by atoms with E-state index in [0.29, 0.717) is 0 Å². The van der Waals surface area contributed by atoms with Crippen LogP contribution in [0.1, 0.15) is 78.1 Å². The molecule has 19 heavy (non-hydrogen) atoms. The Morgan fingerprint density at radius 2 is 1.74 bits per heavy atom. The first-order valence-electron chi connectivity index (χ1n) is 8.75. The zero-order valence-corrected chi connectivity index (χ0v) is 13.1. The van der Waals surface area contributed by atoms with Crippen LogP contribution >= 0.6 is 0 Å². The highest BCUT2D eigenvalue weighted by Crippen LogP contribution is 2.34. The van der Waals surface area contributed by atoms with Gasteiger partial charge in [-0.25, -0.2) is 0 Å². The van der Waals surface area contributed by atoms with Gasteiger partial charge < -0.3 is 5.32 Å². The SMILES string of the molecule is CCCC1CCCCCCCC(C)C2=C1CNCC2. The lowest BCUT2D eigenvalue weighted by atomic mass is 9.79. The van der Waals surface area contributed by atoms with Crippen LogP contribution in [0.3, 0.4) is 0 Å². The summed E-state index contributed by atoms with van der Waals surface area (Å²) in [6.07, 6.45) is 14.2. The summed E-state index contributed by atoms with van der Waals surface area (Å²) >= 11 is 0. The number of rotatable bonds is 2. The molecule has 2 aliphatic rings. The lowest BCUT2D eigenvalue weighted by Gasteiger charge is -2.31. The first-order valence-corrected chi connectivity index (χ1v) is 8.75. The minimum Gasteiger partial charge on any atom is -0.313 e. The molecule has 0 aromatic carbocycles. The summed E-state index contributed by atoms with van der Waals surface area (Å²) < 4.78 is 0. The van der Waals surface area contributed by atoms with Crippen LogP contribution in [-0.2, 0) is 0 Å². The minimum atomic E-state index is 0.842. The van der Waals surface area contributed by atoms with Crippen LogP contribution < -0.4 is 5.32 Å². The van der Waals surface area contributed by atoms with Crippen molar-refractivity contribution in [2.45, 2.75) is 78.1 Å². The lowest BCUT2D eigenvalue weighted by molar-refractivity contribution is 0.441. The first-order chi connectivity index (χ1) is 9.33. The molecule has 1 heterocycles. The first kappa shape index (κ1) is 15.1. The highest BCUT2D eigenvalue weighted by Gasteiger charge is 2.23. The Hall–Kier alpha value is -0.300. The zero-order valence-electron chi connectivity index (χ0n) is 13.1. The fourth-order valence-corrected chi connectivity index (χ4v) is 4.08.